The lowest BCUT2D eigenvalue weighted by molar-refractivity contribution is -0.384. The Morgan fingerprint density at radius 3 is 2.71 bits per heavy atom. The highest BCUT2D eigenvalue weighted by Gasteiger charge is 2.22. The number of carbonyl (C=O) groups excluding carboxylic acids is 1. The van der Waals surface area contributed by atoms with Crippen LogP contribution in [0.1, 0.15) is 5.56 Å². The zero-order valence-corrected chi connectivity index (χ0v) is 8.99. The molecular formula is C10H10N2O5. The average Bonchev–Trinajstić information content (AvgIpc) is 2.24. The molecule has 0 saturated carbocycles. The van der Waals surface area contributed by atoms with Crippen molar-refractivity contribution in [2.75, 3.05) is 11.4 Å². The van der Waals surface area contributed by atoms with Gasteiger partial charge in [-0.25, -0.2) is 0 Å². The Balaban J connectivity index is 3.28. The summed E-state index contributed by atoms with van der Waals surface area (Å²) in [6.45, 7) is 0.902. The first-order valence-electron chi connectivity index (χ1n) is 4.65. The van der Waals surface area contributed by atoms with E-state index in [-0.39, 0.29) is 17.8 Å². The number of aryl methyl sites for hydroxylation is 1. The molecule has 17 heavy (non-hydrogen) atoms. The van der Waals surface area contributed by atoms with Gasteiger partial charge < -0.3 is 5.11 Å². The summed E-state index contributed by atoms with van der Waals surface area (Å²) in [5.74, 6) is -1.24. The number of anilines is 1. The number of carboxylic acids is 1. The second-order valence-electron chi connectivity index (χ2n) is 3.33. The molecule has 90 valence electrons. The van der Waals surface area contributed by atoms with E-state index in [1.54, 1.807) is 0 Å². The van der Waals surface area contributed by atoms with Crippen molar-refractivity contribution in [1.29, 1.82) is 0 Å². The number of carbonyl (C=O) groups is 2. The van der Waals surface area contributed by atoms with Crippen molar-refractivity contribution in [3.8, 4) is 0 Å². The van der Waals surface area contributed by atoms with Crippen molar-refractivity contribution in [1.82, 2.24) is 0 Å². The Kier molecular flexibility index (Phi) is 3.76. The SMILES string of the molecule is Cc1cccc(N(C=O)CC(=O)O)c1[N+](=O)[O-]. The van der Waals surface area contributed by atoms with Crippen molar-refractivity contribution in [3.05, 3.63) is 33.9 Å². The van der Waals surface area contributed by atoms with E-state index in [1.807, 2.05) is 0 Å². The van der Waals surface area contributed by atoms with Crippen LogP contribution in [0.3, 0.4) is 0 Å². The largest absolute Gasteiger partial charge is 0.480 e. The van der Waals surface area contributed by atoms with Crippen LogP contribution >= 0.6 is 0 Å². The number of para-hydroxylation sites is 1. The van der Waals surface area contributed by atoms with Gasteiger partial charge >= 0.3 is 5.97 Å². The van der Waals surface area contributed by atoms with Gasteiger partial charge in [-0.3, -0.25) is 24.6 Å². The van der Waals surface area contributed by atoms with E-state index in [9.17, 15) is 19.7 Å². The fraction of sp³-hybridized carbons (Fsp3) is 0.200. The van der Waals surface area contributed by atoms with Gasteiger partial charge in [0.1, 0.15) is 12.2 Å². The van der Waals surface area contributed by atoms with Gasteiger partial charge in [0.2, 0.25) is 6.41 Å². The van der Waals surface area contributed by atoms with Crippen LogP contribution in [0.4, 0.5) is 11.4 Å². The number of amides is 1. The van der Waals surface area contributed by atoms with Crippen LogP contribution in [0.5, 0.6) is 0 Å². The minimum Gasteiger partial charge on any atom is -0.480 e. The smallest absolute Gasteiger partial charge is 0.323 e. The van der Waals surface area contributed by atoms with E-state index in [1.165, 1.54) is 25.1 Å². The van der Waals surface area contributed by atoms with Gasteiger partial charge in [0, 0.05) is 5.56 Å². The quantitative estimate of drug-likeness (QED) is 0.467. The standard InChI is InChI=1S/C10H10N2O5/c1-7-3-2-4-8(10(7)12(16)17)11(6-13)5-9(14)15/h2-4,6H,5H2,1H3,(H,14,15). The van der Waals surface area contributed by atoms with Crippen LogP contribution in [0.15, 0.2) is 18.2 Å². The minimum atomic E-state index is -1.24. The van der Waals surface area contributed by atoms with Gasteiger partial charge in [-0.2, -0.15) is 0 Å². The molecule has 0 unspecified atom stereocenters. The molecule has 1 N–H and O–H groups in total. The summed E-state index contributed by atoms with van der Waals surface area (Å²) in [4.78, 5) is 32.3. The van der Waals surface area contributed by atoms with Gasteiger partial charge in [-0.05, 0) is 13.0 Å². The maximum Gasteiger partial charge on any atom is 0.323 e. The number of nitrogens with zero attached hydrogens (tertiary/aromatic N) is 2. The number of hydrogen-bond donors (Lipinski definition) is 1. The fourth-order valence-electron chi connectivity index (χ4n) is 1.44. The number of nitro benzene ring substituents is 1. The predicted molar refractivity (Wildman–Crippen MR) is 58.9 cm³/mol. The highest BCUT2D eigenvalue weighted by Crippen LogP contribution is 2.30. The zero-order valence-electron chi connectivity index (χ0n) is 8.99. The summed E-state index contributed by atoms with van der Waals surface area (Å²) in [6, 6.07) is 4.38. The maximum absolute atomic E-state index is 10.9. The Bertz CT molecular complexity index is 472. The van der Waals surface area contributed by atoms with Crippen molar-refractivity contribution >= 4 is 23.8 Å². The highest BCUT2D eigenvalue weighted by atomic mass is 16.6. The molecule has 7 nitrogen and oxygen atoms in total. The van der Waals surface area contributed by atoms with Crippen LogP contribution in [-0.2, 0) is 9.59 Å². The summed E-state index contributed by atoms with van der Waals surface area (Å²) in [7, 11) is 0. The molecule has 0 aliphatic carbocycles. The summed E-state index contributed by atoms with van der Waals surface area (Å²) >= 11 is 0. The van der Waals surface area contributed by atoms with Gasteiger partial charge in [-0.1, -0.05) is 12.1 Å². The Hall–Kier alpha value is -2.44. The molecule has 0 bridgehead atoms. The Morgan fingerprint density at radius 2 is 2.24 bits per heavy atom. The van der Waals surface area contributed by atoms with E-state index >= 15 is 0 Å². The second-order valence-corrected chi connectivity index (χ2v) is 3.33. The van der Waals surface area contributed by atoms with Crippen molar-refractivity contribution in [2.24, 2.45) is 0 Å². The second kappa shape index (κ2) is 5.06. The lowest BCUT2D eigenvalue weighted by Gasteiger charge is -2.15. The molecular weight excluding hydrogens is 228 g/mol. The molecule has 0 saturated heterocycles. The van der Waals surface area contributed by atoms with Crippen LogP contribution in [0.25, 0.3) is 0 Å². The van der Waals surface area contributed by atoms with Crippen LogP contribution in [0.2, 0.25) is 0 Å². The maximum atomic E-state index is 10.9. The molecule has 1 aromatic rings. The van der Waals surface area contributed by atoms with Crippen LogP contribution < -0.4 is 4.90 Å². The molecule has 0 spiro atoms. The Morgan fingerprint density at radius 1 is 1.59 bits per heavy atom. The molecule has 0 radical (unpaired) electrons. The lowest BCUT2D eigenvalue weighted by Crippen LogP contribution is -2.28. The number of nitro groups is 1. The summed E-state index contributed by atoms with van der Waals surface area (Å²) < 4.78 is 0. The highest BCUT2D eigenvalue weighted by molar-refractivity contribution is 5.88. The Labute approximate surface area is 96.4 Å². The van der Waals surface area contributed by atoms with Crippen LogP contribution in [-0.4, -0.2) is 29.0 Å². The number of hydrogen-bond acceptors (Lipinski definition) is 4. The molecule has 0 aromatic heterocycles. The molecule has 0 heterocycles. The van der Waals surface area contributed by atoms with E-state index in [0.29, 0.717) is 5.56 Å². The summed E-state index contributed by atoms with van der Waals surface area (Å²) in [5.41, 5.74) is 0.0815. The van der Waals surface area contributed by atoms with E-state index < -0.39 is 17.4 Å². The van der Waals surface area contributed by atoms with Crippen LogP contribution in [0, 0.1) is 17.0 Å². The molecule has 1 rings (SSSR count). The van der Waals surface area contributed by atoms with Gasteiger partial charge in [0.05, 0.1) is 4.92 Å². The molecule has 0 atom stereocenters. The number of aliphatic carboxylic acids is 1. The first-order chi connectivity index (χ1) is 7.97. The zero-order chi connectivity index (χ0) is 13.0. The van der Waals surface area contributed by atoms with E-state index in [0.717, 1.165) is 4.90 Å². The normalized spacial score (nSPS) is 9.71. The van der Waals surface area contributed by atoms with Crippen molar-refractivity contribution in [3.63, 3.8) is 0 Å². The van der Waals surface area contributed by atoms with Gasteiger partial charge in [0.15, 0.2) is 0 Å². The molecule has 1 amide bonds. The predicted octanol–water partition coefficient (Wildman–Crippen LogP) is 0.951. The van der Waals surface area contributed by atoms with E-state index in [2.05, 4.69) is 0 Å². The molecule has 0 aliphatic rings. The van der Waals surface area contributed by atoms with E-state index in [4.69, 9.17) is 5.11 Å². The van der Waals surface area contributed by atoms with Crippen molar-refractivity contribution < 1.29 is 19.6 Å². The summed E-state index contributed by atoms with van der Waals surface area (Å²) in [6.07, 6.45) is 0.260. The third kappa shape index (κ3) is 2.77. The molecule has 0 fully saturated rings. The monoisotopic (exact) mass is 238 g/mol. The molecule has 1 aromatic carbocycles. The summed E-state index contributed by atoms with van der Waals surface area (Å²) in [5, 5.41) is 19.5. The van der Waals surface area contributed by atoms with Gasteiger partial charge in [0.25, 0.3) is 5.69 Å². The molecule has 0 aliphatic heterocycles. The van der Waals surface area contributed by atoms with Gasteiger partial charge in [-0.15, -0.1) is 0 Å². The third-order valence-corrected chi connectivity index (χ3v) is 2.14. The topological polar surface area (TPSA) is 101 Å². The first kappa shape index (κ1) is 12.6. The fourth-order valence-corrected chi connectivity index (χ4v) is 1.44. The number of rotatable bonds is 5. The van der Waals surface area contributed by atoms with Crippen molar-refractivity contribution in [2.45, 2.75) is 6.92 Å². The number of carboxylic acid groups (broad SMARTS) is 1. The average molecular weight is 238 g/mol. The first-order valence-corrected chi connectivity index (χ1v) is 4.65. The molecule has 7 heteroatoms. The number of benzene rings is 1. The lowest BCUT2D eigenvalue weighted by atomic mass is 10.1. The third-order valence-electron chi connectivity index (χ3n) is 2.14. The minimum absolute atomic E-state index is 0.0209.